The first-order valence-corrected chi connectivity index (χ1v) is 13.5. The summed E-state index contributed by atoms with van der Waals surface area (Å²) >= 11 is 0. The zero-order valence-electron chi connectivity index (χ0n) is 18.3. The van der Waals surface area contributed by atoms with Crippen molar-refractivity contribution in [2.24, 2.45) is 0 Å². The summed E-state index contributed by atoms with van der Waals surface area (Å²) in [5, 5.41) is 2.18. The summed E-state index contributed by atoms with van der Waals surface area (Å²) in [5.74, 6) is -0.383. The molecule has 2 aromatic carbocycles. The molecule has 170 valence electrons. The second kappa shape index (κ2) is 9.28. The van der Waals surface area contributed by atoms with Gasteiger partial charge in [0.1, 0.15) is 10.6 Å². The summed E-state index contributed by atoms with van der Waals surface area (Å²) in [6.07, 6.45) is 0. The van der Waals surface area contributed by atoms with Gasteiger partial charge in [0, 0.05) is 18.6 Å². The molecule has 1 saturated heterocycles. The van der Waals surface area contributed by atoms with E-state index in [0.29, 0.717) is 6.54 Å². The number of methoxy groups -OCH3 is 1. The maximum atomic E-state index is 13.5. The predicted molar refractivity (Wildman–Crippen MR) is 122 cm³/mol. The molecule has 0 aliphatic carbocycles. The highest BCUT2D eigenvalue weighted by atomic mass is 32.2. The molecule has 0 amide bonds. The highest BCUT2D eigenvalue weighted by Crippen LogP contribution is 2.32. The van der Waals surface area contributed by atoms with Crippen molar-refractivity contribution in [3.05, 3.63) is 59.7 Å². The second-order valence-electron chi connectivity index (χ2n) is 8.22. The fourth-order valence-electron chi connectivity index (χ4n) is 4.02. The molecule has 1 unspecified atom stereocenters. The van der Waals surface area contributed by atoms with Gasteiger partial charge < -0.3 is 15.0 Å². The number of benzene rings is 2. The van der Waals surface area contributed by atoms with Crippen molar-refractivity contribution in [2.75, 3.05) is 39.3 Å². The Morgan fingerprint density at radius 2 is 1.81 bits per heavy atom. The van der Waals surface area contributed by atoms with Crippen LogP contribution in [-0.2, 0) is 19.7 Å². The fourth-order valence-corrected chi connectivity index (χ4v) is 8.98. The standard InChI is InChI=1S/C22H30N2O5S2/c1-16-10-11-20(29-4)21(12-16)31(27,28)22-15-30(25,26)14-18(22)23-13-19(24(2)3)17-8-6-5-7-9-17/h5-12,18-19,22-23H,13-15H2,1-4H3/t18-,19?,22-/m0/s1. The van der Waals surface area contributed by atoms with Crippen LogP contribution in [-0.4, -0.2) is 72.3 Å². The molecule has 0 spiro atoms. The van der Waals surface area contributed by atoms with Crippen molar-refractivity contribution in [1.82, 2.24) is 10.2 Å². The molecule has 1 aliphatic rings. The lowest BCUT2D eigenvalue weighted by Crippen LogP contribution is -2.46. The van der Waals surface area contributed by atoms with E-state index in [4.69, 9.17) is 4.74 Å². The lowest BCUT2D eigenvalue weighted by atomic mass is 10.1. The summed E-state index contributed by atoms with van der Waals surface area (Å²) in [5.41, 5.74) is 1.84. The number of nitrogens with zero attached hydrogens (tertiary/aromatic N) is 1. The Bertz CT molecular complexity index is 1120. The number of nitrogens with one attached hydrogen (secondary N) is 1. The Hall–Kier alpha value is -1.94. The average molecular weight is 467 g/mol. The van der Waals surface area contributed by atoms with E-state index in [1.54, 1.807) is 25.1 Å². The molecule has 1 aliphatic heterocycles. The predicted octanol–water partition coefficient (Wildman–Crippen LogP) is 1.84. The Balaban J connectivity index is 1.90. The van der Waals surface area contributed by atoms with Gasteiger partial charge in [-0.1, -0.05) is 36.4 Å². The number of rotatable bonds is 8. The van der Waals surface area contributed by atoms with E-state index in [-0.39, 0.29) is 22.4 Å². The Morgan fingerprint density at radius 3 is 2.42 bits per heavy atom. The molecule has 1 heterocycles. The molecular weight excluding hydrogens is 436 g/mol. The lowest BCUT2D eigenvalue weighted by Gasteiger charge is -2.28. The van der Waals surface area contributed by atoms with Gasteiger partial charge in [-0.15, -0.1) is 0 Å². The third kappa shape index (κ3) is 5.28. The molecule has 31 heavy (non-hydrogen) atoms. The van der Waals surface area contributed by atoms with Crippen molar-refractivity contribution in [3.63, 3.8) is 0 Å². The van der Waals surface area contributed by atoms with Crippen molar-refractivity contribution in [1.29, 1.82) is 0 Å². The Labute approximate surface area is 185 Å². The molecule has 0 aromatic heterocycles. The van der Waals surface area contributed by atoms with E-state index in [2.05, 4.69) is 5.32 Å². The smallest absolute Gasteiger partial charge is 0.187 e. The van der Waals surface area contributed by atoms with Crippen LogP contribution >= 0.6 is 0 Å². The molecule has 9 heteroatoms. The number of hydrogen-bond acceptors (Lipinski definition) is 7. The van der Waals surface area contributed by atoms with E-state index in [0.717, 1.165) is 11.1 Å². The summed E-state index contributed by atoms with van der Waals surface area (Å²) in [6.45, 7) is 2.22. The van der Waals surface area contributed by atoms with Crippen LogP contribution in [0.2, 0.25) is 0 Å². The van der Waals surface area contributed by atoms with Gasteiger partial charge >= 0.3 is 0 Å². The van der Waals surface area contributed by atoms with Crippen molar-refractivity contribution < 1.29 is 21.6 Å². The van der Waals surface area contributed by atoms with Crippen LogP contribution < -0.4 is 10.1 Å². The van der Waals surface area contributed by atoms with Gasteiger partial charge in [-0.05, 0) is 44.3 Å². The number of sulfone groups is 2. The monoisotopic (exact) mass is 466 g/mol. The second-order valence-corrected chi connectivity index (χ2v) is 12.5. The number of ether oxygens (including phenoxy) is 1. The Kier molecular flexibility index (Phi) is 7.10. The molecule has 0 saturated carbocycles. The third-order valence-electron chi connectivity index (χ3n) is 5.71. The average Bonchev–Trinajstić information content (AvgIpc) is 3.04. The topological polar surface area (TPSA) is 92.8 Å². The zero-order chi connectivity index (χ0) is 22.8. The molecule has 7 nitrogen and oxygen atoms in total. The van der Waals surface area contributed by atoms with Gasteiger partial charge in [-0.2, -0.15) is 0 Å². The minimum Gasteiger partial charge on any atom is -0.495 e. The summed E-state index contributed by atoms with van der Waals surface area (Å²) in [7, 11) is -2.14. The first-order valence-electron chi connectivity index (χ1n) is 10.1. The van der Waals surface area contributed by atoms with Crippen LogP contribution in [0.5, 0.6) is 5.75 Å². The summed E-state index contributed by atoms with van der Waals surface area (Å²) < 4.78 is 57.2. The van der Waals surface area contributed by atoms with Crippen LogP contribution in [0.1, 0.15) is 17.2 Å². The van der Waals surface area contributed by atoms with E-state index in [9.17, 15) is 16.8 Å². The Morgan fingerprint density at radius 1 is 1.13 bits per heavy atom. The lowest BCUT2D eigenvalue weighted by molar-refractivity contribution is 0.282. The van der Waals surface area contributed by atoms with Gasteiger partial charge in [-0.25, -0.2) is 16.8 Å². The fraction of sp³-hybridized carbons (Fsp3) is 0.455. The van der Waals surface area contributed by atoms with Crippen LogP contribution in [0.3, 0.4) is 0 Å². The number of hydrogen-bond donors (Lipinski definition) is 1. The highest BCUT2D eigenvalue weighted by molar-refractivity contribution is 7.96. The number of aryl methyl sites for hydroxylation is 1. The number of likely N-dealkylation sites (N-methyl/N-ethyl adjacent to an activating group) is 1. The first-order chi connectivity index (χ1) is 14.5. The first kappa shape index (κ1) is 23.7. The molecular formula is C22H30N2O5S2. The van der Waals surface area contributed by atoms with Gasteiger partial charge in [0.05, 0.1) is 23.9 Å². The van der Waals surface area contributed by atoms with Gasteiger partial charge in [-0.3, -0.25) is 0 Å². The molecule has 0 bridgehead atoms. The highest BCUT2D eigenvalue weighted by Gasteiger charge is 2.46. The molecule has 1 fully saturated rings. The minimum atomic E-state index is -3.94. The van der Waals surface area contributed by atoms with Crippen LogP contribution in [0.4, 0.5) is 0 Å². The van der Waals surface area contributed by atoms with Crippen molar-refractivity contribution in [2.45, 2.75) is 29.2 Å². The SMILES string of the molecule is COc1ccc(C)cc1S(=O)(=O)[C@H]1CS(=O)(=O)C[C@@H]1NCC(c1ccccc1)N(C)C. The molecule has 3 rings (SSSR count). The van der Waals surface area contributed by atoms with E-state index in [1.165, 1.54) is 7.11 Å². The largest absolute Gasteiger partial charge is 0.495 e. The normalized spacial score (nSPS) is 21.8. The third-order valence-corrected chi connectivity index (χ3v) is 9.88. The van der Waals surface area contributed by atoms with E-state index < -0.39 is 36.7 Å². The summed E-state index contributed by atoms with van der Waals surface area (Å²) in [4.78, 5) is 2.06. The molecule has 3 atom stereocenters. The summed E-state index contributed by atoms with van der Waals surface area (Å²) in [6, 6.07) is 14.0. The maximum absolute atomic E-state index is 13.5. The maximum Gasteiger partial charge on any atom is 0.187 e. The zero-order valence-corrected chi connectivity index (χ0v) is 19.9. The minimum absolute atomic E-state index is 0.0265. The van der Waals surface area contributed by atoms with E-state index in [1.807, 2.05) is 49.3 Å². The van der Waals surface area contributed by atoms with E-state index >= 15 is 0 Å². The van der Waals surface area contributed by atoms with Gasteiger partial charge in [0.15, 0.2) is 19.7 Å². The van der Waals surface area contributed by atoms with Crippen molar-refractivity contribution >= 4 is 19.7 Å². The van der Waals surface area contributed by atoms with Gasteiger partial charge in [0.25, 0.3) is 0 Å². The van der Waals surface area contributed by atoms with Crippen molar-refractivity contribution in [3.8, 4) is 5.75 Å². The molecule has 2 aromatic rings. The van der Waals surface area contributed by atoms with Crippen LogP contribution in [0.25, 0.3) is 0 Å². The van der Waals surface area contributed by atoms with Crippen LogP contribution in [0.15, 0.2) is 53.4 Å². The van der Waals surface area contributed by atoms with Gasteiger partial charge in [0.2, 0.25) is 0 Å². The quantitative estimate of drug-likeness (QED) is 0.634. The molecule has 1 N–H and O–H groups in total. The molecule has 0 radical (unpaired) electrons. The van der Waals surface area contributed by atoms with Crippen LogP contribution in [0, 0.1) is 6.92 Å².